The number of aryl methyl sites for hydroxylation is 1. The summed E-state index contributed by atoms with van der Waals surface area (Å²) in [4.78, 5) is 14.5. The van der Waals surface area contributed by atoms with Crippen molar-refractivity contribution in [3.63, 3.8) is 0 Å². The third kappa shape index (κ3) is 3.82. The van der Waals surface area contributed by atoms with Crippen LogP contribution >= 0.6 is 0 Å². The molecule has 0 saturated carbocycles. The van der Waals surface area contributed by atoms with Crippen LogP contribution in [0.3, 0.4) is 0 Å². The number of amides is 1. The van der Waals surface area contributed by atoms with Gasteiger partial charge in [0.2, 0.25) is 5.91 Å². The van der Waals surface area contributed by atoms with Crippen LogP contribution in [0.2, 0.25) is 0 Å². The second-order valence-corrected chi connectivity index (χ2v) is 6.17. The van der Waals surface area contributed by atoms with Gasteiger partial charge in [-0.2, -0.15) is 5.10 Å². The number of likely N-dealkylation sites (tertiary alicyclic amines) is 1. The minimum Gasteiger partial charge on any atom is -0.308 e. The summed E-state index contributed by atoms with van der Waals surface area (Å²) in [5, 5.41) is 10.1. The predicted molar refractivity (Wildman–Crippen MR) is 92.3 cm³/mol. The number of benzene rings is 1. The van der Waals surface area contributed by atoms with Crippen LogP contribution in [0.5, 0.6) is 0 Å². The first kappa shape index (κ1) is 16.6. The second kappa shape index (κ2) is 7.57. The number of carbonyl (C=O) groups is 1. The Kier molecular flexibility index (Phi) is 5.25. The number of nitrogens with zero attached hydrogens (tertiary/aromatic N) is 2. The zero-order valence-electron chi connectivity index (χ0n) is 13.9. The molecule has 2 N–H and O–H groups in total. The molecule has 1 aromatic carbocycles. The highest BCUT2D eigenvalue weighted by Crippen LogP contribution is 2.30. The van der Waals surface area contributed by atoms with Crippen molar-refractivity contribution in [3.8, 4) is 11.1 Å². The minimum absolute atomic E-state index is 0.0607. The van der Waals surface area contributed by atoms with E-state index in [1.165, 1.54) is 18.6 Å². The fourth-order valence-corrected chi connectivity index (χ4v) is 3.14. The zero-order valence-corrected chi connectivity index (χ0v) is 13.9. The minimum atomic E-state index is -0.282. The lowest BCUT2D eigenvalue weighted by Crippen LogP contribution is -2.36. The van der Waals surface area contributed by atoms with E-state index in [2.05, 4.69) is 20.4 Å². The monoisotopic (exact) mass is 330 g/mol. The highest BCUT2D eigenvalue weighted by molar-refractivity contribution is 5.95. The molecule has 0 radical (unpaired) electrons. The van der Waals surface area contributed by atoms with E-state index in [-0.39, 0.29) is 11.7 Å². The average molecular weight is 330 g/mol. The average Bonchev–Trinajstić information content (AvgIpc) is 2.99. The van der Waals surface area contributed by atoms with E-state index in [0.29, 0.717) is 12.4 Å². The van der Waals surface area contributed by atoms with Gasteiger partial charge in [0.1, 0.15) is 5.82 Å². The fraction of sp³-hybridized carbons (Fsp3) is 0.444. The van der Waals surface area contributed by atoms with Crippen molar-refractivity contribution in [2.24, 2.45) is 0 Å². The molecule has 0 aliphatic carbocycles. The SMILES string of the molecule is CCc1[nH]nc(NC(=O)CN2CCCCC2)c1-c1ccc(F)cc1. The van der Waals surface area contributed by atoms with E-state index in [9.17, 15) is 9.18 Å². The molecule has 3 rings (SSSR count). The first-order chi connectivity index (χ1) is 11.7. The van der Waals surface area contributed by atoms with Gasteiger partial charge in [0, 0.05) is 11.3 Å². The van der Waals surface area contributed by atoms with Crippen molar-refractivity contribution in [1.29, 1.82) is 0 Å². The van der Waals surface area contributed by atoms with Gasteiger partial charge in [0.05, 0.1) is 6.54 Å². The number of piperidine rings is 1. The third-order valence-electron chi connectivity index (χ3n) is 4.40. The maximum Gasteiger partial charge on any atom is 0.239 e. The van der Waals surface area contributed by atoms with Crippen LogP contribution in [-0.4, -0.2) is 40.6 Å². The van der Waals surface area contributed by atoms with Crippen molar-refractivity contribution in [2.45, 2.75) is 32.6 Å². The van der Waals surface area contributed by atoms with Crippen molar-refractivity contribution in [3.05, 3.63) is 35.8 Å². The molecule has 1 amide bonds. The molecule has 6 heteroatoms. The van der Waals surface area contributed by atoms with Gasteiger partial charge < -0.3 is 5.32 Å². The molecule has 0 bridgehead atoms. The quantitative estimate of drug-likeness (QED) is 0.885. The topological polar surface area (TPSA) is 61.0 Å². The zero-order chi connectivity index (χ0) is 16.9. The number of halogens is 1. The second-order valence-electron chi connectivity index (χ2n) is 6.17. The third-order valence-corrected chi connectivity index (χ3v) is 4.40. The van der Waals surface area contributed by atoms with Gasteiger partial charge in [0.25, 0.3) is 0 Å². The predicted octanol–water partition coefficient (Wildman–Crippen LogP) is 3.20. The number of aromatic nitrogens is 2. The molecule has 2 heterocycles. The number of hydrogen-bond donors (Lipinski definition) is 2. The van der Waals surface area contributed by atoms with Gasteiger partial charge in [-0.3, -0.25) is 14.8 Å². The number of rotatable bonds is 5. The number of hydrogen-bond acceptors (Lipinski definition) is 3. The van der Waals surface area contributed by atoms with Crippen molar-refractivity contribution < 1.29 is 9.18 Å². The lowest BCUT2D eigenvalue weighted by molar-refractivity contribution is -0.117. The van der Waals surface area contributed by atoms with Crippen LogP contribution in [-0.2, 0) is 11.2 Å². The summed E-state index contributed by atoms with van der Waals surface area (Å²) in [5.74, 6) is 0.172. The van der Waals surface area contributed by atoms with E-state index in [1.807, 2.05) is 6.92 Å². The Morgan fingerprint density at radius 1 is 1.25 bits per heavy atom. The normalized spacial score (nSPS) is 15.4. The smallest absolute Gasteiger partial charge is 0.239 e. The van der Waals surface area contributed by atoms with E-state index >= 15 is 0 Å². The van der Waals surface area contributed by atoms with Gasteiger partial charge in [-0.05, 0) is 50.0 Å². The van der Waals surface area contributed by atoms with Crippen LogP contribution in [0.25, 0.3) is 11.1 Å². The van der Waals surface area contributed by atoms with Gasteiger partial charge in [0.15, 0.2) is 5.82 Å². The van der Waals surface area contributed by atoms with Crippen LogP contribution in [0.15, 0.2) is 24.3 Å². The Bertz CT molecular complexity index is 690. The Morgan fingerprint density at radius 3 is 2.62 bits per heavy atom. The van der Waals surface area contributed by atoms with Crippen molar-refractivity contribution >= 4 is 11.7 Å². The molecule has 1 saturated heterocycles. The molecular weight excluding hydrogens is 307 g/mol. The van der Waals surface area contributed by atoms with E-state index in [1.54, 1.807) is 12.1 Å². The summed E-state index contributed by atoms with van der Waals surface area (Å²) in [6.45, 7) is 4.34. The largest absolute Gasteiger partial charge is 0.308 e. The Labute approximate surface area is 141 Å². The van der Waals surface area contributed by atoms with Crippen LogP contribution in [0.1, 0.15) is 31.9 Å². The van der Waals surface area contributed by atoms with Gasteiger partial charge in [-0.15, -0.1) is 0 Å². The van der Waals surface area contributed by atoms with Crippen molar-refractivity contribution in [2.75, 3.05) is 25.0 Å². The summed E-state index contributed by atoms with van der Waals surface area (Å²) < 4.78 is 13.2. The molecule has 5 nitrogen and oxygen atoms in total. The van der Waals surface area contributed by atoms with Gasteiger partial charge >= 0.3 is 0 Å². The first-order valence-electron chi connectivity index (χ1n) is 8.52. The molecule has 1 fully saturated rings. The van der Waals surface area contributed by atoms with Crippen molar-refractivity contribution in [1.82, 2.24) is 15.1 Å². The summed E-state index contributed by atoms with van der Waals surface area (Å²) >= 11 is 0. The standard InChI is InChI=1S/C18H23FN4O/c1-2-15-17(13-6-8-14(19)9-7-13)18(22-21-15)20-16(24)12-23-10-4-3-5-11-23/h6-9H,2-5,10-12H2,1H3,(H2,20,21,22,24). The van der Waals surface area contributed by atoms with Crippen LogP contribution in [0, 0.1) is 5.82 Å². The molecule has 128 valence electrons. The Hall–Kier alpha value is -2.21. The summed E-state index contributed by atoms with van der Waals surface area (Å²) in [6.07, 6.45) is 4.29. The summed E-state index contributed by atoms with van der Waals surface area (Å²) in [5.41, 5.74) is 2.61. The maximum atomic E-state index is 13.2. The number of anilines is 1. The molecule has 0 unspecified atom stereocenters. The lowest BCUT2D eigenvalue weighted by atomic mass is 10.0. The van der Waals surface area contributed by atoms with E-state index in [4.69, 9.17) is 0 Å². The van der Waals surface area contributed by atoms with E-state index in [0.717, 1.165) is 49.2 Å². The summed E-state index contributed by atoms with van der Waals surface area (Å²) in [6, 6.07) is 6.25. The Morgan fingerprint density at radius 2 is 1.96 bits per heavy atom. The molecule has 0 atom stereocenters. The highest BCUT2D eigenvalue weighted by Gasteiger charge is 2.19. The van der Waals surface area contributed by atoms with Crippen LogP contribution < -0.4 is 5.32 Å². The van der Waals surface area contributed by atoms with Gasteiger partial charge in [-0.25, -0.2) is 4.39 Å². The molecule has 2 aromatic rings. The molecule has 1 aromatic heterocycles. The number of aromatic amines is 1. The molecule has 0 spiro atoms. The van der Waals surface area contributed by atoms with Gasteiger partial charge in [-0.1, -0.05) is 25.5 Å². The van der Waals surface area contributed by atoms with Crippen LogP contribution in [0.4, 0.5) is 10.2 Å². The maximum absolute atomic E-state index is 13.2. The summed E-state index contributed by atoms with van der Waals surface area (Å²) in [7, 11) is 0. The van der Waals surface area contributed by atoms with E-state index < -0.39 is 0 Å². The molecule has 1 aliphatic heterocycles. The molecule has 24 heavy (non-hydrogen) atoms. The lowest BCUT2D eigenvalue weighted by Gasteiger charge is -2.25. The molecule has 1 aliphatic rings. The number of H-pyrrole nitrogens is 1. The number of carbonyl (C=O) groups excluding carboxylic acids is 1. The molecular formula is C18H23FN4O. The first-order valence-corrected chi connectivity index (χ1v) is 8.52. The number of nitrogens with one attached hydrogen (secondary N) is 2. The fourth-order valence-electron chi connectivity index (χ4n) is 3.14. The highest BCUT2D eigenvalue weighted by atomic mass is 19.1. The Balaban J connectivity index is 1.76.